The van der Waals surface area contributed by atoms with Gasteiger partial charge in [-0.15, -0.1) is 11.6 Å². The third kappa shape index (κ3) is 2.89. The Labute approximate surface area is 106 Å². The fourth-order valence-electron chi connectivity index (χ4n) is 1.72. The first kappa shape index (κ1) is 13.3. The van der Waals surface area contributed by atoms with E-state index in [2.05, 4.69) is 0 Å². The fourth-order valence-corrected chi connectivity index (χ4v) is 2.17. The highest BCUT2D eigenvalue weighted by Gasteiger charge is 2.20. The molecule has 0 aliphatic heterocycles. The average molecular weight is 260 g/mol. The van der Waals surface area contributed by atoms with Crippen molar-refractivity contribution in [3.05, 3.63) is 34.9 Å². The van der Waals surface area contributed by atoms with E-state index in [4.69, 9.17) is 23.2 Å². The van der Waals surface area contributed by atoms with Gasteiger partial charge in [-0.05, 0) is 25.5 Å². The molecule has 0 saturated heterocycles. The molecule has 0 bridgehead atoms. The number of benzene rings is 1. The lowest BCUT2D eigenvalue weighted by atomic mass is 10.1. The molecular weight excluding hydrogens is 245 g/mol. The van der Waals surface area contributed by atoms with Crippen LogP contribution >= 0.6 is 23.2 Å². The normalized spacial score (nSPS) is 12.2. The van der Waals surface area contributed by atoms with Crippen LogP contribution in [0.15, 0.2) is 24.3 Å². The van der Waals surface area contributed by atoms with Crippen LogP contribution in [0.25, 0.3) is 0 Å². The Kier molecular flexibility index (Phi) is 5.10. The summed E-state index contributed by atoms with van der Waals surface area (Å²) in [5, 5.41) is 0.677. The number of rotatable bonds is 4. The van der Waals surface area contributed by atoms with Crippen molar-refractivity contribution in [1.82, 2.24) is 4.90 Å². The van der Waals surface area contributed by atoms with Crippen molar-refractivity contribution >= 4 is 29.1 Å². The van der Waals surface area contributed by atoms with Gasteiger partial charge in [-0.25, -0.2) is 0 Å². The Hall–Kier alpha value is -0.730. The zero-order valence-electron chi connectivity index (χ0n) is 9.41. The van der Waals surface area contributed by atoms with Crippen molar-refractivity contribution in [2.75, 3.05) is 12.4 Å². The third-order valence-corrected chi connectivity index (χ3v) is 3.17. The molecule has 0 saturated carbocycles. The summed E-state index contributed by atoms with van der Waals surface area (Å²) >= 11 is 11.7. The van der Waals surface area contributed by atoms with Crippen LogP contribution in [0.5, 0.6) is 0 Å². The number of alkyl halides is 1. The zero-order valence-corrected chi connectivity index (χ0v) is 10.9. The summed E-state index contributed by atoms with van der Waals surface area (Å²) in [6.45, 7) is 4.50. The van der Waals surface area contributed by atoms with Crippen LogP contribution in [0.4, 0.5) is 0 Å². The zero-order chi connectivity index (χ0) is 12.1. The first-order valence-corrected chi connectivity index (χ1v) is 6.12. The summed E-state index contributed by atoms with van der Waals surface area (Å²) in [7, 11) is 0. The highest BCUT2D eigenvalue weighted by molar-refractivity contribution is 6.31. The van der Waals surface area contributed by atoms with Gasteiger partial charge in [0.05, 0.1) is 6.04 Å². The Balaban J connectivity index is 2.95. The molecule has 1 atom stereocenters. The number of hydrogen-bond donors (Lipinski definition) is 0. The Bertz CT molecular complexity index is 368. The summed E-state index contributed by atoms with van der Waals surface area (Å²) in [6, 6.07) is 7.49. The van der Waals surface area contributed by atoms with E-state index in [0.717, 1.165) is 5.56 Å². The quantitative estimate of drug-likeness (QED) is 0.759. The van der Waals surface area contributed by atoms with E-state index in [1.54, 1.807) is 4.90 Å². The van der Waals surface area contributed by atoms with E-state index in [-0.39, 0.29) is 17.8 Å². The number of carbonyl (C=O) groups is 1. The van der Waals surface area contributed by atoms with Gasteiger partial charge in [0.2, 0.25) is 5.91 Å². The van der Waals surface area contributed by atoms with Crippen LogP contribution in [-0.2, 0) is 4.79 Å². The summed E-state index contributed by atoms with van der Waals surface area (Å²) < 4.78 is 0. The number of halogens is 2. The number of nitrogens with zero attached hydrogens (tertiary/aromatic N) is 1. The van der Waals surface area contributed by atoms with Gasteiger partial charge in [-0.1, -0.05) is 29.8 Å². The van der Waals surface area contributed by atoms with Crippen LogP contribution in [-0.4, -0.2) is 23.2 Å². The lowest BCUT2D eigenvalue weighted by Crippen LogP contribution is -2.34. The standard InChI is InChI=1S/C12H15Cl2NO/c1-3-15(12(16)8-13)9(2)10-6-4-5-7-11(10)14/h4-7,9H,3,8H2,1-2H3. The molecule has 2 nitrogen and oxygen atoms in total. The lowest BCUT2D eigenvalue weighted by Gasteiger charge is -2.28. The highest BCUT2D eigenvalue weighted by atomic mass is 35.5. The third-order valence-electron chi connectivity index (χ3n) is 2.60. The van der Waals surface area contributed by atoms with Crippen molar-refractivity contribution in [3.63, 3.8) is 0 Å². The van der Waals surface area contributed by atoms with E-state index in [9.17, 15) is 4.79 Å². The van der Waals surface area contributed by atoms with Crippen LogP contribution < -0.4 is 0 Å². The van der Waals surface area contributed by atoms with Gasteiger partial charge in [-0.3, -0.25) is 4.79 Å². The summed E-state index contributed by atoms with van der Waals surface area (Å²) in [5.41, 5.74) is 0.949. The van der Waals surface area contributed by atoms with Gasteiger partial charge in [0, 0.05) is 11.6 Å². The number of amides is 1. The lowest BCUT2D eigenvalue weighted by molar-refractivity contribution is -0.130. The molecule has 1 unspecified atom stereocenters. The Morgan fingerprint density at radius 2 is 2.06 bits per heavy atom. The highest BCUT2D eigenvalue weighted by Crippen LogP contribution is 2.27. The van der Waals surface area contributed by atoms with Crippen LogP contribution in [0.2, 0.25) is 5.02 Å². The number of hydrogen-bond acceptors (Lipinski definition) is 1. The second-order valence-corrected chi connectivity index (χ2v) is 4.19. The second kappa shape index (κ2) is 6.12. The van der Waals surface area contributed by atoms with Gasteiger partial charge >= 0.3 is 0 Å². The van der Waals surface area contributed by atoms with Crippen molar-refractivity contribution < 1.29 is 4.79 Å². The van der Waals surface area contributed by atoms with Gasteiger partial charge in [0.1, 0.15) is 5.88 Å². The van der Waals surface area contributed by atoms with Gasteiger partial charge in [-0.2, -0.15) is 0 Å². The van der Waals surface area contributed by atoms with Crippen molar-refractivity contribution in [2.45, 2.75) is 19.9 Å². The maximum absolute atomic E-state index is 11.6. The number of carbonyl (C=O) groups excluding carboxylic acids is 1. The van der Waals surface area contributed by atoms with Crippen molar-refractivity contribution in [2.24, 2.45) is 0 Å². The van der Waals surface area contributed by atoms with E-state index < -0.39 is 0 Å². The summed E-state index contributed by atoms with van der Waals surface area (Å²) in [5.74, 6) is -0.0700. The van der Waals surface area contributed by atoms with E-state index in [0.29, 0.717) is 11.6 Å². The van der Waals surface area contributed by atoms with Gasteiger partial charge in [0.15, 0.2) is 0 Å². The maximum atomic E-state index is 11.6. The largest absolute Gasteiger partial charge is 0.335 e. The van der Waals surface area contributed by atoms with Crippen LogP contribution in [0, 0.1) is 0 Å². The van der Waals surface area contributed by atoms with Gasteiger partial charge < -0.3 is 4.90 Å². The molecule has 0 N–H and O–H groups in total. The molecule has 16 heavy (non-hydrogen) atoms. The van der Waals surface area contributed by atoms with Crippen molar-refractivity contribution in [1.29, 1.82) is 0 Å². The average Bonchev–Trinajstić information content (AvgIpc) is 2.30. The minimum Gasteiger partial charge on any atom is -0.335 e. The molecule has 4 heteroatoms. The predicted molar refractivity (Wildman–Crippen MR) is 68.0 cm³/mol. The molecule has 0 radical (unpaired) electrons. The van der Waals surface area contributed by atoms with E-state index >= 15 is 0 Å². The molecule has 0 heterocycles. The molecule has 0 aliphatic carbocycles. The fraction of sp³-hybridized carbons (Fsp3) is 0.417. The van der Waals surface area contributed by atoms with E-state index in [1.807, 2.05) is 38.1 Å². The monoisotopic (exact) mass is 259 g/mol. The molecule has 0 spiro atoms. The maximum Gasteiger partial charge on any atom is 0.237 e. The van der Waals surface area contributed by atoms with E-state index in [1.165, 1.54) is 0 Å². The molecule has 1 aromatic carbocycles. The molecule has 0 aliphatic rings. The topological polar surface area (TPSA) is 20.3 Å². The molecule has 1 amide bonds. The second-order valence-electron chi connectivity index (χ2n) is 3.51. The molecule has 1 aromatic rings. The van der Waals surface area contributed by atoms with Crippen molar-refractivity contribution in [3.8, 4) is 0 Å². The first-order chi connectivity index (χ1) is 7.61. The van der Waals surface area contributed by atoms with Crippen LogP contribution in [0.3, 0.4) is 0 Å². The minimum absolute atomic E-state index is 0.00261. The Morgan fingerprint density at radius 1 is 1.44 bits per heavy atom. The summed E-state index contributed by atoms with van der Waals surface area (Å²) in [4.78, 5) is 13.3. The molecule has 0 aromatic heterocycles. The van der Waals surface area contributed by atoms with Crippen LogP contribution in [0.1, 0.15) is 25.5 Å². The van der Waals surface area contributed by atoms with Gasteiger partial charge in [0.25, 0.3) is 0 Å². The molecular formula is C12H15Cl2NO. The molecule has 1 rings (SSSR count). The predicted octanol–water partition coefficient (Wildman–Crippen LogP) is 3.49. The first-order valence-electron chi connectivity index (χ1n) is 5.21. The Morgan fingerprint density at radius 3 is 2.56 bits per heavy atom. The molecule has 0 fully saturated rings. The molecule has 88 valence electrons. The smallest absolute Gasteiger partial charge is 0.237 e. The minimum atomic E-state index is -0.0726. The SMILES string of the molecule is CCN(C(=O)CCl)C(C)c1ccccc1Cl. The summed E-state index contributed by atoms with van der Waals surface area (Å²) in [6.07, 6.45) is 0.